The van der Waals surface area contributed by atoms with Gasteiger partial charge in [-0.05, 0) is 18.6 Å². The van der Waals surface area contributed by atoms with Crippen molar-refractivity contribution in [2.24, 2.45) is 5.73 Å². The van der Waals surface area contributed by atoms with Crippen LogP contribution in [0.1, 0.15) is 5.56 Å². The topological polar surface area (TPSA) is 68.0 Å². The SMILES string of the molecule is Cc1ccncc1NC(N)=O. The van der Waals surface area contributed by atoms with E-state index < -0.39 is 6.03 Å². The Morgan fingerprint density at radius 1 is 1.73 bits per heavy atom. The van der Waals surface area contributed by atoms with Gasteiger partial charge >= 0.3 is 6.03 Å². The van der Waals surface area contributed by atoms with Gasteiger partial charge in [0.2, 0.25) is 0 Å². The number of amides is 2. The first-order valence-electron chi connectivity index (χ1n) is 3.17. The predicted octanol–water partition coefficient (Wildman–Crippen LogP) is 0.881. The fourth-order valence-corrected chi connectivity index (χ4v) is 0.728. The Morgan fingerprint density at radius 3 is 3.00 bits per heavy atom. The van der Waals surface area contributed by atoms with Gasteiger partial charge in [-0.15, -0.1) is 0 Å². The van der Waals surface area contributed by atoms with E-state index in [1.807, 2.05) is 6.92 Å². The molecule has 11 heavy (non-hydrogen) atoms. The number of nitrogens with zero attached hydrogens (tertiary/aromatic N) is 1. The van der Waals surface area contributed by atoms with Gasteiger partial charge < -0.3 is 11.1 Å². The number of carbonyl (C=O) groups excluding carboxylic acids is 1. The molecule has 0 aliphatic carbocycles. The molecule has 0 unspecified atom stereocenters. The van der Waals surface area contributed by atoms with Gasteiger partial charge in [-0.1, -0.05) is 0 Å². The number of pyridine rings is 1. The van der Waals surface area contributed by atoms with Crippen LogP contribution in [-0.4, -0.2) is 11.0 Å². The van der Waals surface area contributed by atoms with Crippen molar-refractivity contribution in [2.75, 3.05) is 5.32 Å². The van der Waals surface area contributed by atoms with E-state index in [1.54, 1.807) is 18.5 Å². The third kappa shape index (κ3) is 1.93. The summed E-state index contributed by atoms with van der Waals surface area (Å²) < 4.78 is 0. The van der Waals surface area contributed by atoms with E-state index in [4.69, 9.17) is 5.73 Å². The fraction of sp³-hybridized carbons (Fsp3) is 0.143. The van der Waals surface area contributed by atoms with Gasteiger partial charge in [0.25, 0.3) is 0 Å². The predicted molar refractivity (Wildman–Crippen MR) is 42.2 cm³/mol. The molecule has 2 amide bonds. The molecule has 0 aromatic carbocycles. The minimum absolute atomic E-state index is 0.568. The summed E-state index contributed by atoms with van der Waals surface area (Å²) in [4.78, 5) is 14.2. The van der Waals surface area contributed by atoms with E-state index >= 15 is 0 Å². The molecule has 0 fully saturated rings. The first-order chi connectivity index (χ1) is 5.20. The Labute approximate surface area is 64.4 Å². The van der Waals surface area contributed by atoms with Gasteiger partial charge in [-0.2, -0.15) is 0 Å². The summed E-state index contributed by atoms with van der Waals surface area (Å²) in [6, 6.07) is 1.23. The van der Waals surface area contributed by atoms with Crippen molar-refractivity contribution in [2.45, 2.75) is 6.92 Å². The van der Waals surface area contributed by atoms with Crippen LogP contribution in [0.25, 0.3) is 0 Å². The summed E-state index contributed by atoms with van der Waals surface area (Å²) in [5.74, 6) is 0. The van der Waals surface area contributed by atoms with Gasteiger partial charge in [0.15, 0.2) is 0 Å². The summed E-state index contributed by atoms with van der Waals surface area (Å²) >= 11 is 0. The maximum absolute atomic E-state index is 10.4. The second-order valence-electron chi connectivity index (χ2n) is 2.18. The first kappa shape index (κ1) is 7.53. The first-order valence-corrected chi connectivity index (χ1v) is 3.17. The van der Waals surface area contributed by atoms with Crippen molar-refractivity contribution in [1.29, 1.82) is 0 Å². The zero-order chi connectivity index (χ0) is 8.27. The maximum atomic E-state index is 10.4. The highest BCUT2D eigenvalue weighted by Gasteiger charge is 1.97. The molecule has 1 rings (SSSR count). The van der Waals surface area contributed by atoms with Gasteiger partial charge in [-0.25, -0.2) is 4.79 Å². The third-order valence-corrected chi connectivity index (χ3v) is 1.30. The van der Waals surface area contributed by atoms with Crippen LogP contribution in [0.15, 0.2) is 18.5 Å². The molecule has 0 spiro atoms. The zero-order valence-electron chi connectivity index (χ0n) is 6.16. The molecule has 1 aromatic heterocycles. The average molecular weight is 151 g/mol. The molecule has 58 valence electrons. The fourth-order valence-electron chi connectivity index (χ4n) is 0.728. The summed E-state index contributed by atoms with van der Waals surface area (Å²) in [6.45, 7) is 1.87. The van der Waals surface area contributed by atoms with Crippen molar-refractivity contribution < 1.29 is 4.79 Å². The Morgan fingerprint density at radius 2 is 2.45 bits per heavy atom. The van der Waals surface area contributed by atoms with Gasteiger partial charge in [0, 0.05) is 6.20 Å². The molecule has 0 saturated carbocycles. The molecular weight excluding hydrogens is 142 g/mol. The van der Waals surface area contributed by atoms with Crippen LogP contribution in [0, 0.1) is 6.92 Å². The molecule has 4 nitrogen and oxygen atoms in total. The zero-order valence-corrected chi connectivity index (χ0v) is 6.16. The molecule has 0 bridgehead atoms. The van der Waals surface area contributed by atoms with Gasteiger partial charge in [0.05, 0.1) is 11.9 Å². The third-order valence-electron chi connectivity index (χ3n) is 1.30. The summed E-state index contributed by atoms with van der Waals surface area (Å²) in [6.07, 6.45) is 3.21. The van der Waals surface area contributed by atoms with E-state index in [-0.39, 0.29) is 0 Å². The lowest BCUT2D eigenvalue weighted by atomic mass is 10.2. The van der Waals surface area contributed by atoms with E-state index in [1.165, 1.54) is 0 Å². The molecule has 0 atom stereocenters. The summed E-state index contributed by atoms with van der Waals surface area (Å²) in [5.41, 5.74) is 6.51. The Hall–Kier alpha value is -1.58. The maximum Gasteiger partial charge on any atom is 0.316 e. The summed E-state index contributed by atoms with van der Waals surface area (Å²) in [5, 5.41) is 2.45. The van der Waals surface area contributed by atoms with Crippen LogP contribution >= 0.6 is 0 Å². The number of hydrogen-bond donors (Lipinski definition) is 2. The van der Waals surface area contributed by atoms with Crippen LogP contribution in [0.5, 0.6) is 0 Å². The lowest BCUT2D eigenvalue weighted by Gasteiger charge is -2.02. The molecular formula is C7H9N3O. The van der Waals surface area contributed by atoms with E-state index in [2.05, 4.69) is 10.3 Å². The van der Waals surface area contributed by atoms with Crippen LogP contribution in [0.3, 0.4) is 0 Å². The highest BCUT2D eigenvalue weighted by molar-refractivity contribution is 5.88. The second-order valence-corrected chi connectivity index (χ2v) is 2.18. The molecule has 1 heterocycles. The number of hydrogen-bond acceptors (Lipinski definition) is 2. The average Bonchev–Trinajstić information content (AvgIpc) is 1.93. The Kier molecular flexibility index (Phi) is 2.06. The number of anilines is 1. The number of aryl methyl sites for hydroxylation is 1. The lowest BCUT2D eigenvalue weighted by molar-refractivity contribution is 0.259. The number of primary amides is 1. The number of nitrogens with two attached hydrogens (primary N) is 1. The van der Waals surface area contributed by atoms with Crippen molar-refractivity contribution in [3.05, 3.63) is 24.0 Å². The molecule has 0 aliphatic rings. The number of nitrogens with one attached hydrogen (secondary N) is 1. The Balaban J connectivity index is 2.86. The minimum Gasteiger partial charge on any atom is -0.351 e. The monoisotopic (exact) mass is 151 g/mol. The van der Waals surface area contributed by atoms with Crippen LogP contribution < -0.4 is 11.1 Å². The molecule has 0 radical (unpaired) electrons. The largest absolute Gasteiger partial charge is 0.351 e. The van der Waals surface area contributed by atoms with E-state index in [0.29, 0.717) is 5.69 Å². The number of aromatic nitrogens is 1. The van der Waals surface area contributed by atoms with Crippen molar-refractivity contribution in [1.82, 2.24) is 4.98 Å². The van der Waals surface area contributed by atoms with Crippen molar-refractivity contribution in [3.63, 3.8) is 0 Å². The molecule has 0 aliphatic heterocycles. The normalized spacial score (nSPS) is 9.18. The molecule has 3 N–H and O–H groups in total. The van der Waals surface area contributed by atoms with E-state index in [0.717, 1.165) is 5.56 Å². The van der Waals surface area contributed by atoms with Crippen molar-refractivity contribution >= 4 is 11.7 Å². The minimum atomic E-state index is -0.568. The molecule has 4 heteroatoms. The highest BCUT2D eigenvalue weighted by Crippen LogP contribution is 2.09. The van der Waals surface area contributed by atoms with Gasteiger partial charge in [0.1, 0.15) is 0 Å². The quantitative estimate of drug-likeness (QED) is 0.625. The van der Waals surface area contributed by atoms with Gasteiger partial charge in [-0.3, -0.25) is 4.98 Å². The van der Waals surface area contributed by atoms with Crippen molar-refractivity contribution in [3.8, 4) is 0 Å². The Bertz CT molecular complexity index is 272. The van der Waals surface area contributed by atoms with Crippen LogP contribution in [0.4, 0.5) is 10.5 Å². The number of carbonyl (C=O) groups is 1. The highest BCUT2D eigenvalue weighted by atomic mass is 16.2. The second kappa shape index (κ2) is 3.01. The number of urea groups is 1. The van der Waals surface area contributed by atoms with Crippen LogP contribution in [0.2, 0.25) is 0 Å². The van der Waals surface area contributed by atoms with Crippen LogP contribution in [-0.2, 0) is 0 Å². The molecule has 1 aromatic rings. The number of rotatable bonds is 1. The molecule has 0 saturated heterocycles. The standard InChI is InChI=1S/C7H9N3O/c1-5-2-3-9-4-6(5)10-7(8)11/h2-4H,1H3,(H3,8,10,11). The smallest absolute Gasteiger partial charge is 0.316 e. The summed E-state index contributed by atoms with van der Waals surface area (Å²) in [7, 11) is 0. The van der Waals surface area contributed by atoms with E-state index in [9.17, 15) is 4.79 Å². The lowest BCUT2D eigenvalue weighted by Crippen LogP contribution is -2.19.